The molecule has 0 aliphatic rings. The zero-order valence-electron chi connectivity index (χ0n) is 9.00. The third-order valence-electron chi connectivity index (χ3n) is 2.07. The zero-order chi connectivity index (χ0) is 12.1. The third-order valence-corrected chi connectivity index (χ3v) is 2.07. The molecule has 0 atom stereocenters. The highest BCUT2D eigenvalue weighted by molar-refractivity contribution is 5.90. The van der Waals surface area contributed by atoms with Crippen LogP contribution in [0.15, 0.2) is 36.7 Å². The van der Waals surface area contributed by atoms with Crippen molar-refractivity contribution in [3.05, 3.63) is 42.5 Å². The fourth-order valence-corrected chi connectivity index (χ4v) is 1.28. The van der Waals surface area contributed by atoms with E-state index in [1.54, 1.807) is 0 Å². The van der Waals surface area contributed by atoms with Gasteiger partial charge in [0.05, 0.1) is 12.2 Å². The second-order valence-corrected chi connectivity index (χ2v) is 3.24. The van der Waals surface area contributed by atoms with Crippen molar-refractivity contribution in [2.75, 3.05) is 6.54 Å². The van der Waals surface area contributed by atoms with Crippen LogP contribution in [0.25, 0.3) is 5.69 Å². The lowest BCUT2D eigenvalue weighted by atomic mass is 10.3. The first kappa shape index (κ1) is 10.9. The average molecular weight is 226 g/mol. The molecule has 0 unspecified atom stereocenters. The molecule has 5 heteroatoms. The summed E-state index contributed by atoms with van der Waals surface area (Å²) in [6.45, 7) is 0.165. The SMILES string of the molecule is C#CCNC(=O)c1ncn(-c2ccccc2)n1. The first-order valence-electron chi connectivity index (χ1n) is 5.00. The number of rotatable bonds is 3. The van der Waals surface area contributed by atoms with Crippen LogP contribution in [0.3, 0.4) is 0 Å². The Hall–Kier alpha value is -2.61. The maximum Gasteiger partial charge on any atom is 0.291 e. The summed E-state index contributed by atoms with van der Waals surface area (Å²) in [5.74, 6) is 2.04. The molecule has 0 spiro atoms. The highest BCUT2D eigenvalue weighted by atomic mass is 16.2. The first-order valence-corrected chi connectivity index (χ1v) is 5.00. The lowest BCUT2D eigenvalue weighted by molar-refractivity contribution is 0.0948. The van der Waals surface area contributed by atoms with Crippen molar-refractivity contribution in [3.8, 4) is 18.0 Å². The van der Waals surface area contributed by atoms with Crippen LogP contribution in [0.2, 0.25) is 0 Å². The molecular formula is C12H10N4O. The summed E-state index contributed by atoms with van der Waals surface area (Å²) in [5.41, 5.74) is 0.844. The van der Waals surface area contributed by atoms with Crippen LogP contribution in [0.4, 0.5) is 0 Å². The highest BCUT2D eigenvalue weighted by Crippen LogP contribution is 2.04. The largest absolute Gasteiger partial charge is 0.338 e. The lowest BCUT2D eigenvalue weighted by Crippen LogP contribution is -2.24. The second-order valence-electron chi connectivity index (χ2n) is 3.24. The Balaban J connectivity index is 2.17. The number of amides is 1. The minimum Gasteiger partial charge on any atom is -0.338 e. The minimum atomic E-state index is -0.377. The van der Waals surface area contributed by atoms with E-state index >= 15 is 0 Å². The number of nitrogens with one attached hydrogen (secondary N) is 1. The van der Waals surface area contributed by atoms with Crippen molar-refractivity contribution in [1.29, 1.82) is 0 Å². The molecule has 2 aromatic rings. The normalized spacial score (nSPS) is 9.59. The molecule has 0 fully saturated rings. The smallest absolute Gasteiger partial charge is 0.291 e. The number of aromatic nitrogens is 3. The van der Waals surface area contributed by atoms with E-state index in [1.165, 1.54) is 11.0 Å². The van der Waals surface area contributed by atoms with Crippen LogP contribution < -0.4 is 5.32 Å². The molecule has 0 saturated carbocycles. The van der Waals surface area contributed by atoms with E-state index < -0.39 is 0 Å². The van der Waals surface area contributed by atoms with Gasteiger partial charge in [-0.2, -0.15) is 0 Å². The Morgan fingerprint density at radius 2 is 2.18 bits per heavy atom. The van der Waals surface area contributed by atoms with E-state index in [2.05, 4.69) is 21.3 Å². The van der Waals surface area contributed by atoms with E-state index in [9.17, 15) is 4.79 Å². The van der Waals surface area contributed by atoms with Crippen LogP contribution >= 0.6 is 0 Å². The molecule has 1 heterocycles. The predicted molar refractivity (Wildman–Crippen MR) is 62.5 cm³/mol. The monoisotopic (exact) mass is 226 g/mol. The molecule has 2 rings (SSSR count). The van der Waals surface area contributed by atoms with Gasteiger partial charge < -0.3 is 5.32 Å². The number of hydrogen-bond acceptors (Lipinski definition) is 3. The summed E-state index contributed by atoms with van der Waals surface area (Å²) in [7, 11) is 0. The Bertz CT molecular complexity index is 553. The van der Waals surface area contributed by atoms with Crippen LogP contribution in [0.1, 0.15) is 10.6 Å². The Labute approximate surface area is 98.5 Å². The van der Waals surface area contributed by atoms with Crippen molar-refractivity contribution >= 4 is 5.91 Å². The van der Waals surface area contributed by atoms with Crippen LogP contribution in [0, 0.1) is 12.3 Å². The maximum absolute atomic E-state index is 11.5. The summed E-state index contributed by atoms with van der Waals surface area (Å²) in [4.78, 5) is 15.4. The van der Waals surface area contributed by atoms with Crippen molar-refractivity contribution in [3.63, 3.8) is 0 Å². The molecule has 0 aliphatic heterocycles. The molecule has 0 aliphatic carbocycles. The first-order chi connectivity index (χ1) is 8.31. The number of nitrogens with zero attached hydrogens (tertiary/aromatic N) is 3. The molecular weight excluding hydrogens is 216 g/mol. The van der Waals surface area contributed by atoms with E-state index in [0.29, 0.717) is 0 Å². The van der Waals surface area contributed by atoms with Gasteiger partial charge in [-0.15, -0.1) is 11.5 Å². The molecule has 1 aromatic heterocycles. The van der Waals surface area contributed by atoms with E-state index in [1.807, 2.05) is 30.3 Å². The van der Waals surface area contributed by atoms with Gasteiger partial charge in [0.25, 0.3) is 5.91 Å². The summed E-state index contributed by atoms with van der Waals surface area (Å²) >= 11 is 0. The van der Waals surface area contributed by atoms with Crippen LogP contribution in [0.5, 0.6) is 0 Å². The zero-order valence-corrected chi connectivity index (χ0v) is 9.00. The predicted octanol–water partition coefficient (Wildman–Crippen LogP) is 0.630. The van der Waals surface area contributed by atoms with Crippen molar-refractivity contribution < 1.29 is 4.79 Å². The minimum absolute atomic E-state index is 0.101. The van der Waals surface area contributed by atoms with E-state index in [-0.39, 0.29) is 18.3 Å². The summed E-state index contributed by atoms with van der Waals surface area (Å²) in [5, 5.41) is 6.56. The number of hydrogen-bond donors (Lipinski definition) is 1. The standard InChI is InChI=1S/C12H10N4O/c1-2-8-13-12(17)11-14-9-16(15-11)10-6-4-3-5-7-10/h1,3-7,9H,8H2,(H,13,17). The van der Waals surface area contributed by atoms with Crippen LogP contribution in [-0.4, -0.2) is 27.2 Å². The van der Waals surface area contributed by atoms with E-state index in [0.717, 1.165) is 5.69 Å². The van der Waals surface area contributed by atoms with Gasteiger partial charge in [0.15, 0.2) is 0 Å². The molecule has 84 valence electrons. The highest BCUT2D eigenvalue weighted by Gasteiger charge is 2.10. The number of carbonyl (C=O) groups is 1. The maximum atomic E-state index is 11.5. The molecule has 0 radical (unpaired) electrons. The quantitative estimate of drug-likeness (QED) is 0.781. The molecule has 0 bridgehead atoms. The number of terminal acetylenes is 1. The molecule has 17 heavy (non-hydrogen) atoms. The van der Waals surface area contributed by atoms with Gasteiger partial charge in [-0.05, 0) is 12.1 Å². The van der Waals surface area contributed by atoms with Gasteiger partial charge >= 0.3 is 0 Å². The van der Waals surface area contributed by atoms with Gasteiger partial charge in [0.1, 0.15) is 6.33 Å². The van der Waals surface area contributed by atoms with Crippen molar-refractivity contribution in [2.24, 2.45) is 0 Å². The van der Waals surface area contributed by atoms with Gasteiger partial charge in [-0.25, -0.2) is 9.67 Å². The molecule has 1 aromatic carbocycles. The molecule has 0 saturated heterocycles. The van der Waals surface area contributed by atoms with Gasteiger partial charge in [0, 0.05) is 0 Å². The van der Waals surface area contributed by atoms with Gasteiger partial charge in [-0.3, -0.25) is 4.79 Å². The van der Waals surface area contributed by atoms with E-state index in [4.69, 9.17) is 6.42 Å². The van der Waals surface area contributed by atoms with Gasteiger partial charge in [0.2, 0.25) is 5.82 Å². The second kappa shape index (κ2) is 4.94. The van der Waals surface area contributed by atoms with Crippen molar-refractivity contribution in [2.45, 2.75) is 0 Å². The fourth-order valence-electron chi connectivity index (χ4n) is 1.28. The third kappa shape index (κ3) is 2.49. The van der Waals surface area contributed by atoms with Crippen LogP contribution in [-0.2, 0) is 0 Å². The number of para-hydroxylation sites is 1. The van der Waals surface area contributed by atoms with Gasteiger partial charge in [-0.1, -0.05) is 24.1 Å². The molecule has 5 nitrogen and oxygen atoms in total. The topological polar surface area (TPSA) is 59.8 Å². The molecule has 1 N–H and O–H groups in total. The Kier molecular flexibility index (Phi) is 3.17. The fraction of sp³-hybridized carbons (Fsp3) is 0.0833. The Morgan fingerprint density at radius 1 is 1.41 bits per heavy atom. The number of carbonyl (C=O) groups excluding carboxylic acids is 1. The lowest BCUT2D eigenvalue weighted by Gasteiger charge is -1.98. The Morgan fingerprint density at radius 3 is 2.88 bits per heavy atom. The summed E-state index contributed by atoms with van der Waals surface area (Å²) in [6.07, 6.45) is 6.53. The van der Waals surface area contributed by atoms with Crippen molar-refractivity contribution in [1.82, 2.24) is 20.1 Å². The average Bonchev–Trinajstić information content (AvgIpc) is 2.86. The molecule has 1 amide bonds. The summed E-state index contributed by atoms with van der Waals surface area (Å²) < 4.78 is 1.53. The summed E-state index contributed by atoms with van der Waals surface area (Å²) in [6, 6.07) is 9.42. The number of benzene rings is 1.